The maximum absolute atomic E-state index is 12.3. The summed E-state index contributed by atoms with van der Waals surface area (Å²) in [6.45, 7) is 0. The van der Waals surface area contributed by atoms with Crippen LogP contribution in [0.1, 0.15) is 15.9 Å². The number of methoxy groups -OCH3 is 1. The standard InChI is InChI=1S/C14H12O5/c1-18-10-7-5-9(6-8-10)14(16)13-11(15)3-2-4-12(13)19-17/h2-8,15,17H,1H3. The largest absolute Gasteiger partial charge is 0.507 e. The van der Waals surface area contributed by atoms with Gasteiger partial charge in [0.15, 0.2) is 5.75 Å². The van der Waals surface area contributed by atoms with Crippen molar-refractivity contribution in [1.82, 2.24) is 0 Å². The van der Waals surface area contributed by atoms with Crippen LogP contribution in [-0.2, 0) is 0 Å². The fraction of sp³-hybridized carbons (Fsp3) is 0.0714. The number of hydrogen-bond acceptors (Lipinski definition) is 5. The van der Waals surface area contributed by atoms with Crippen LogP contribution in [0.5, 0.6) is 17.2 Å². The molecule has 19 heavy (non-hydrogen) atoms. The molecule has 0 aliphatic rings. The average Bonchev–Trinajstić information content (AvgIpc) is 2.46. The van der Waals surface area contributed by atoms with E-state index in [0.717, 1.165) is 0 Å². The van der Waals surface area contributed by atoms with Crippen molar-refractivity contribution in [2.75, 3.05) is 7.11 Å². The molecule has 0 saturated heterocycles. The van der Waals surface area contributed by atoms with Gasteiger partial charge in [0.1, 0.15) is 17.1 Å². The van der Waals surface area contributed by atoms with Gasteiger partial charge < -0.3 is 14.7 Å². The highest BCUT2D eigenvalue weighted by molar-refractivity contribution is 6.12. The van der Waals surface area contributed by atoms with Crippen LogP contribution in [0.3, 0.4) is 0 Å². The molecule has 2 N–H and O–H groups in total. The fourth-order valence-corrected chi connectivity index (χ4v) is 1.71. The van der Waals surface area contributed by atoms with Gasteiger partial charge in [0.25, 0.3) is 0 Å². The van der Waals surface area contributed by atoms with Crippen molar-refractivity contribution in [3.63, 3.8) is 0 Å². The molecule has 0 aliphatic heterocycles. The molecule has 0 bridgehead atoms. The summed E-state index contributed by atoms with van der Waals surface area (Å²) in [4.78, 5) is 16.4. The molecule has 0 aliphatic carbocycles. The maximum Gasteiger partial charge on any atom is 0.200 e. The zero-order chi connectivity index (χ0) is 13.8. The maximum atomic E-state index is 12.3. The number of ketones is 1. The monoisotopic (exact) mass is 260 g/mol. The van der Waals surface area contributed by atoms with E-state index in [2.05, 4.69) is 4.89 Å². The highest BCUT2D eigenvalue weighted by Crippen LogP contribution is 2.30. The second-order valence-corrected chi connectivity index (χ2v) is 3.80. The summed E-state index contributed by atoms with van der Waals surface area (Å²) in [5.41, 5.74) is 0.260. The normalized spacial score (nSPS) is 10.0. The van der Waals surface area contributed by atoms with E-state index in [0.29, 0.717) is 11.3 Å². The van der Waals surface area contributed by atoms with Gasteiger partial charge in [-0.1, -0.05) is 6.07 Å². The van der Waals surface area contributed by atoms with Crippen LogP contribution in [0.25, 0.3) is 0 Å². The molecule has 0 amide bonds. The second-order valence-electron chi connectivity index (χ2n) is 3.80. The van der Waals surface area contributed by atoms with Gasteiger partial charge in [0.2, 0.25) is 5.78 Å². The number of phenolic OH excluding ortho intramolecular Hbond substituents is 1. The lowest BCUT2D eigenvalue weighted by molar-refractivity contribution is -0.138. The minimum Gasteiger partial charge on any atom is -0.507 e. The summed E-state index contributed by atoms with van der Waals surface area (Å²) < 4.78 is 5.00. The summed E-state index contributed by atoms with van der Waals surface area (Å²) in [7, 11) is 1.53. The van der Waals surface area contributed by atoms with Gasteiger partial charge in [-0.25, -0.2) is 5.26 Å². The van der Waals surface area contributed by atoms with E-state index in [-0.39, 0.29) is 17.1 Å². The van der Waals surface area contributed by atoms with Gasteiger partial charge in [-0.2, -0.15) is 0 Å². The Labute approximate surface area is 109 Å². The molecule has 0 atom stereocenters. The first-order valence-corrected chi connectivity index (χ1v) is 5.49. The summed E-state index contributed by atoms with van der Waals surface area (Å²) in [5.74, 6) is -0.189. The molecule has 5 heteroatoms. The van der Waals surface area contributed by atoms with E-state index in [1.165, 1.54) is 25.3 Å². The number of ether oxygens (including phenoxy) is 1. The van der Waals surface area contributed by atoms with Crippen molar-refractivity contribution in [3.8, 4) is 17.2 Å². The van der Waals surface area contributed by atoms with Gasteiger partial charge in [-0.15, -0.1) is 0 Å². The smallest absolute Gasteiger partial charge is 0.200 e. The molecule has 2 rings (SSSR count). The Hall–Kier alpha value is -2.53. The minimum absolute atomic E-state index is 0.0878. The van der Waals surface area contributed by atoms with E-state index in [1.807, 2.05) is 0 Å². The Morgan fingerprint density at radius 2 is 1.79 bits per heavy atom. The van der Waals surface area contributed by atoms with Crippen molar-refractivity contribution in [2.24, 2.45) is 0 Å². The third-order valence-corrected chi connectivity index (χ3v) is 2.68. The number of carbonyl (C=O) groups excluding carboxylic acids is 1. The van der Waals surface area contributed by atoms with Gasteiger partial charge in [0, 0.05) is 5.56 Å². The number of rotatable bonds is 4. The van der Waals surface area contributed by atoms with Gasteiger partial charge in [-0.05, 0) is 36.4 Å². The number of benzene rings is 2. The highest BCUT2D eigenvalue weighted by Gasteiger charge is 2.19. The molecule has 0 fully saturated rings. The van der Waals surface area contributed by atoms with E-state index in [9.17, 15) is 9.90 Å². The Kier molecular flexibility index (Phi) is 3.68. The van der Waals surface area contributed by atoms with Crippen LogP contribution in [0.2, 0.25) is 0 Å². The fourth-order valence-electron chi connectivity index (χ4n) is 1.71. The molecule has 0 heterocycles. The second kappa shape index (κ2) is 5.41. The molecule has 0 aromatic heterocycles. The lowest BCUT2D eigenvalue weighted by Crippen LogP contribution is -2.04. The summed E-state index contributed by atoms with van der Waals surface area (Å²) >= 11 is 0. The van der Waals surface area contributed by atoms with Gasteiger partial charge in [-0.3, -0.25) is 4.79 Å². The molecule has 2 aromatic rings. The van der Waals surface area contributed by atoms with Crippen molar-refractivity contribution >= 4 is 5.78 Å². The summed E-state index contributed by atoms with van der Waals surface area (Å²) in [6.07, 6.45) is 0. The minimum atomic E-state index is -0.454. The summed E-state index contributed by atoms with van der Waals surface area (Å²) in [5, 5.41) is 18.5. The van der Waals surface area contributed by atoms with Crippen LogP contribution in [0.15, 0.2) is 42.5 Å². The quantitative estimate of drug-likeness (QED) is 0.501. The van der Waals surface area contributed by atoms with E-state index >= 15 is 0 Å². The van der Waals surface area contributed by atoms with E-state index < -0.39 is 5.78 Å². The molecular formula is C14H12O5. The lowest BCUT2D eigenvalue weighted by atomic mass is 10.0. The number of carbonyl (C=O) groups is 1. The highest BCUT2D eigenvalue weighted by atomic mass is 17.1. The predicted molar refractivity (Wildman–Crippen MR) is 67.8 cm³/mol. The topological polar surface area (TPSA) is 76.0 Å². The van der Waals surface area contributed by atoms with Crippen LogP contribution in [0.4, 0.5) is 0 Å². The molecule has 0 unspecified atom stereocenters. The number of hydrogen-bond donors (Lipinski definition) is 2. The lowest BCUT2D eigenvalue weighted by Gasteiger charge is -2.08. The van der Waals surface area contributed by atoms with E-state index in [1.54, 1.807) is 24.3 Å². The first-order chi connectivity index (χ1) is 9.17. The molecule has 5 nitrogen and oxygen atoms in total. The Morgan fingerprint density at radius 1 is 1.11 bits per heavy atom. The van der Waals surface area contributed by atoms with Crippen LogP contribution < -0.4 is 9.62 Å². The molecular weight excluding hydrogens is 248 g/mol. The van der Waals surface area contributed by atoms with Crippen molar-refractivity contribution < 1.29 is 24.8 Å². The van der Waals surface area contributed by atoms with Gasteiger partial charge >= 0.3 is 0 Å². The molecule has 0 spiro atoms. The Balaban J connectivity index is 2.43. The first kappa shape index (κ1) is 12.9. The SMILES string of the molecule is COc1ccc(C(=O)c2c(O)cccc2OO)cc1. The van der Waals surface area contributed by atoms with Crippen LogP contribution in [0, 0.1) is 0 Å². The van der Waals surface area contributed by atoms with Crippen molar-refractivity contribution in [3.05, 3.63) is 53.6 Å². The van der Waals surface area contributed by atoms with E-state index in [4.69, 9.17) is 9.99 Å². The third kappa shape index (κ3) is 2.51. The zero-order valence-electron chi connectivity index (χ0n) is 10.2. The average molecular weight is 260 g/mol. The Morgan fingerprint density at radius 3 is 2.37 bits per heavy atom. The molecule has 2 aromatic carbocycles. The van der Waals surface area contributed by atoms with Crippen LogP contribution in [-0.4, -0.2) is 23.3 Å². The first-order valence-electron chi connectivity index (χ1n) is 5.49. The Bertz CT molecular complexity index is 589. The molecule has 0 radical (unpaired) electrons. The molecule has 98 valence electrons. The number of phenols is 1. The zero-order valence-corrected chi connectivity index (χ0v) is 10.2. The van der Waals surface area contributed by atoms with Gasteiger partial charge in [0.05, 0.1) is 7.11 Å². The third-order valence-electron chi connectivity index (χ3n) is 2.68. The van der Waals surface area contributed by atoms with Crippen molar-refractivity contribution in [2.45, 2.75) is 0 Å². The molecule has 0 saturated carbocycles. The predicted octanol–water partition coefficient (Wildman–Crippen LogP) is 2.48. The van der Waals surface area contributed by atoms with Crippen molar-refractivity contribution in [1.29, 1.82) is 0 Å². The van der Waals surface area contributed by atoms with Crippen LogP contribution >= 0.6 is 0 Å². The summed E-state index contributed by atoms with van der Waals surface area (Å²) in [6, 6.07) is 10.6. The number of aromatic hydroxyl groups is 1.